The largest absolute Gasteiger partial charge is 0.361 e. The van der Waals surface area contributed by atoms with Gasteiger partial charge in [0.1, 0.15) is 0 Å². The summed E-state index contributed by atoms with van der Waals surface area (Å²) in [5, 5.41) is 1.17. The van der Waals surface area contributed by atoms with E-state index < -0.39 is 0 Å². The number of amides is 1. The van der Waals surface area contributed by atoms with Crippen molar-refractivity contribution in [2.45, 2.75) is 26.4 Å². The smallest absolute Gasteiger partial charge is 0.260 e. The van der Waals surface area contributed by atoms with Crippen LogP contribution in [0.5, 0.6) is 0 Å². The number of carbonyl (C=O) groups excluding carboxylic acids is 1. The molecule has 1 N–H and O–H groups in total. The molecule has 0 saturated heterocycles. The second kappa shape index (κ2) is 6.78. The highest BCUT2D eigenvalue weighted by Crippen LogP contribution is 2.29. The third-order valence-electron chi connectivity index (χ3n) is 5.79. The molecule has 3 heterocycles. The number of fused-ring (bicyclic) bond motifs is 2. The maximum Gasteiger partial charge on any atom is 0.260 e. The van der Waals surface area contributed by atoms with Gasteiger partial charge in [-0.15, -0.1) is 0 Å². The summed E-state index contributed by atoms with van der Waals surface area (Å²) >= 11 is 0. The van der Waals surface area contributed by atoms with Crippen LogP contribution in [0.3, 0.4) is 0 Å². The summed E-state index contributed by atoms with van der Waals surface area (Å²) in [4.78, 5) is 30.9. The summed E-state index contributed by atoms with van der Waals surface area (Å²) in [6, 6.07) is 19.4. The lowest BCUT2D eigenvalue weighted by Gasteiger charge is -2.15. The van der Waals surface area contributed by atoms with E-state index in [9.17, 15) is 9.59 Å². The van der Waals surface area contributed by atoms with E-state index in [-0.39, 0.29) is 11.5 Å². The predicted octanol–water partition coefficient (Wildman–Crippen LogP) is 4.04. The maximum atomic E-state index is 13.1. The fourth-order valence-corrected chi connectivity index (χ4v) is 4.29. The monoisotopic (exact) mass is 383 g/mol. The van der Waals surface area contributed by atoms with E-state index in [0.717, 1.165) is 28.9 Å². The number of nitrogens with zero attached hydrogens (tertiary/aromatic N) is 2. The van der Waals surface area contributed by atoms with E-state index in [2.05, 4.69) is 11.1 Å². The lowest BCUT2D eigenvalue weighted by molar-refractivity contribution is 0.0995. The number of hydrogen-bond acceptors (Lipinski definition) is 2. The molecule has 4 aromatic rings. The molecular formula is C24H21N3O2. The number of hydrogen-bond donors (Lipinski definition) is 1. The van der Waals surface area contributed by atoms with Gasteiger partial charge in [0.05, 0.1) is 12.1 Å². The first-order valence-electron chi connectivity index (χ1n) is 9.78. The van der Waals surface area contributed by atoms with Crippen LogP contribution in [0.1, 0.15) is 27.2 Å². The van der Waals surface area contributed by atoms with Gasteiger partial charge in [-0.2, -0.15) is 0 Å². The molecule has 2 aromatic heterocycles. The predicted molar refractivity (Wildman–Crippen MR) is 114 cm³/mol. The number of pyridine rings is 1. The highest BCUT2D eigenvalue weighted by molar-refractivity contribution is 6.10. The minimum absolute atomic E-state index is 0.0375. The van der Waals surface area contributed by atoms with Crippen molar-refractivity contribution in [3.63, 3.8) is 0 Å². The lowest BCUT2D eigenvalue weighted by Crippen LogP contribution is -2.26. The molecule has 5 nitrogen and oxygen atoms in total. The standard InChI is InChI=1S/C24H21N3O2/c1-16-23-18(15-27(24(23)29)19-7-3-2-4-8-19)13-22(28)26(16)12-11-17-14-25-21-10-6-5-9-20(17)21/h2-10,13-14,25H,11-12,15H2,1H3. The Morgan fingerprint density at radius 1 is 1.00 bits per heavy atom. The Morgan fingerprint density at radius 3 is 2.59 bits per heavy atom. The Morgan fingerprint density at radius 2 is 1.76 bits per heavy atom. The molecule has 0 fully saturated rings. The zero-order chi connectivity index (χ0) is 20.0. The van der Waals surface area contributed by atoms with Crippen LogP contribution in [-0.2, 0) is 19.5 Å². The first kappa shape index (κ1) is 17.5. The Hall–Kier alpha value is -3.60. The van der Waals surface area contributed by atoms with Crippen LogP contribution in [0.2, 0.25) is 0 Å². The number of H-pyrrole nitrogens is 1. The average molecular weight is 383 g/mol. The minimum Gasteiger partial charge on any atom is -0.361 e. The number of benzene rings is 2. The van der Waals surface area contributed by atoms with Gasteiger partial charge in [0.25, 0.3) is 11.5 Å². The van der Waals surface area contributed by atoms with Crippen LogP contribution in [0.25, 0.3) is 10.9 Å². The Labute approximate surface area is 168 Å². The first-order chi connectivity index (χ1) is 14.1. The van der Waals surface area contributed by atoms with Gasteiger partial charge in [0.15, 0.2) is 0 Å². The summed E-state index contributed by atoms with van der Waals surface area (Å²) in [7, 11) is 0. The molecule has 0 bridgehead atoms. The molecule has 1 amide bonds. The second-order valence-corrected chi connectivity index (χ2v) is 7.46. The molecule has 5 rings (SSSR count). The Balaban J connectivity index is 1.47. The van der Waals surface area contributed by atoms with Crippen LogP contribution in [0, 0.1) is 6.92 Å². The van der Waals surface area contributed by atoms with Crippen molar-refractivity contribution in [1.29, 1.82) is 0 Å². The molecular weight excluding hydrogens is 362 g/mol. The van der Waals surface area contributed by atoms with Crippen LogP contribution < -0.4 is 10.5 Å². The van der Waals surface area contributed by atoms with Crippen molar-refractivity contribution in [3.05, 3.63) is 99.6 Å². The molecule has 29 heavy (non-hydrogen) atoms. The molecule has 1 aliphatic heterocycles. The van der Waals surface area contributed by atoms with E-state index in [1.54, 1.807) is 15.5 Å². The normalized spacial score (nSPS) is 13.3. The number of carbonyl (C=O) groups is 1. The fourth-order valence-electron chi connectivity index (χ4n) is 4.29. The third kappa shape index (κ3) is 2.86. The summed E-state index contributed by atoms with van der Waals surface area (Å²) in [5.41, 5.74) is 5.28. The Bertz CT molecular complexity index is 1280. The van der Waals surface area contributed by atoms with E-state index in [1.807, 2.05) is 61.7 Å². The number of aromatic nitrogens is 2. The molecule has 0 saturated carbocycles. The van der Waals surface area contributed by atoms with Gasteiger partial charge >= 0.3 is 0 Å². The maximum absolute atomic E-state index is 13.1. The SMILES string of the molecule is Cc1c2c(cc(=O)n1CCc1c[nH]c3ccccc13)CN(c1ccccc1)C2=O. The number of anilines is 1. The van der Waals surface area contributed by atoms with Crippen LogP contribution in [0.15, 0.2) is 71.7 Å². The second-order valence-electron chi connectivity index (χ2n) is 7.46. The van der Waals surface area contributed by atoms with E-state index in [1.165, 1.54) is 10.9 Å². The quantitative estimate of drug-likeness (QED) is 0.578. The van der Waals surface area contributed by atoms with Crippen LogP contribution in [0.4, 0.5) is 5.69 Å². The van der Waals surface area contributed by atoms with Gasteiger partial charge in [0.2, 0.25) is 0 Å². The highest BCUT2D eigenvalue weighted by Gasteiger charge is 2.31. The van der Waals surface area contributed by atoms with Gasteiger partial charge < -0.3 is 14.5 Å². The molecule has 0 atom stereocenters. The van der Waals surface area contributed by atoms with Crippen molar-refractivity contribution in [3.8, 4) is 0 Å². The summed E-state index contributed by atoms with van der Waals surface area (Å²) in [6.07, 6.45) is 2.72. The molecule has 144 valence electrons. The van der Waals surface area contributed by atoms with Crippen LogP contribution >= 0.6 is 0 Å². The summed E-state index contributed by atoms with van der Waals surface area (Å²) in [5.74, 6) is -0.0375. The summed E-state index contributed by atoms with van der Waals surface area (Å²) < 4.78 is 1.73. The number of aromatic amines is 1. The number of para-hydroxylation sites is 2. The molecule has 0 spiro atoms. The molecule has 0 aliphatic carbocycles. The highest BCUT2D eigenvalue weighted by atomic mass is 16.2. The van der Waals surface area contributed by atoms with Gasteiger partial charge in [-0.1, -0.05) is 36.4 Å². The lowest BCUT2D eigenvalue weighted by atomic mass is 10.1. The van der Waals surface area contributed by atoms with Gasteiger partial charge in [-0.05, 0) is 42.7 Å². The molecule has 0 unspecified atom stereocenters. The summed E-state index contributed by atoms with van der Waals surface area (Å²) in [6.45, 7) is 2.86. The number of aryl methyl sites for hydroxylation is 1. The number of nitrogens with one attached hydrogen (secondary N) is 1. The van der Waals surface area contributed by atoms with Crippen molar-refractivity contribution in [1.82, 2.24) is 9.55 Å². The minimum atomic E-state index is -0.0520. The van der Waals surface area contributed by atoms with Gasteiger partial charge in [-0.25, -0.2) is 0 Å². The van der Waals surface area contributed by atoms with Crippen molar-refractivity contribution < 1.29 is 4.79 Å². The molecule has 5 heteroatoms. The van der Waals surface area contributed by atoms with Crippen LogP contribution in [-0.4, -0.2) is 15.5 Å². The third-order valence-corrected chi connectivity index (χ3v) is 5.79. The topological polar surface area (TPSA) is 58.1 Å². The van der Waals surface area contributed by atoms with Gasteiger partial charge in [-0.3, -0.25) is 9.59 Å². The molecule has 0 radical (unpaired) electrons. The van der Waals surface area contributed by atoms with Crippen molar-refractivity contribution in [2.75, 3.05) is 4.90 Å². The van der Waals surface area contributed by atoms with Gasteiger partial charge in [0, 0.05) is 41.1 Å². The first-order valence-corrected chi connectivity index (χ1v) is 9.78. The van der Waals surface area contributed by atoms with E-state index >= 15 is 0 Å². The van der Waals surface area contributed by atoms with E-state index in [0.29, 0.717) is 18.7 Å². The fraction of sp³-hybridized carbons (Fsp3) is 0.167. The van der Waals surface area contributed by atoms with Crippen molar-refractivity contribution in [2.24, 2.45) is 0 Å². The zero-order valence-corrected chi connectivity index (χ0v) is 16.2. The van der Waals surface area contributed by atoms with E-state index in [4.69, 9.17) is 0 Å². The molecule has 2 aromatic carbocycles. The number of rotatable bonds is 4. The Kier molecular flexibility index (Phi) is 4.09. The van der Waals surface area contributed by atoms with Crippen molar-refractivity contribution >= 4 is 22.5 Å². The zero-order valence-electron chi connectivity index (χ0n) is 16.2. The molecule has 1 aliphatic rings. The average Bonchev–Trinajstić information content (AvgIpc) is 3.29.